The fourth-order valence-corrected chi connectivity index (χ4v) is 1.96. The number of allylic oxidation sites excluding steroid dienone is 1. The van der Waals surface area contributed by atoms with Crippen LogP contribution in [0.4, 0.5) is 0 Å². The molecule has 1 nitrogen and oxygen atoms in total. The van der Waals surface area contributed by atoms with E-state index in [2.05, 4.69) is 32.7 Å². The Hall–Kier alpha value is -0.460. The molecule has 0 fully saturated rings. The van der Waals surface area contributed by atoms with E-state index in [0.29, 0.717) is 5.92 Å². The lowest BCUT2D eigenvalue weighted by Gasteiger charge is -2.19. The van der Waals surface area contributed by atoms with Crippen LogP contribution in [0.25, 0.3) is 0 Å². The Morgan fingerprint density at radius 2 is 1.60 bits per heavy atom. The number of unbranched alkanes of at least 4 members (excludes halogenated alkanes) is 2. The van der Waals surface area contributed by atoms with Gasteiger partial charge in [0, 0.05) is 12.2 Å². The summed E-state index contributed by atoms with van der Waals surface area (Å²) in [6, 6.07) is 0. The normalized spacial score (nSPS) is 10.7. The maximum Gasteiger partial charge on any atom is 0.0143 e. The second kappa shape index (κ2) is 10.1. The third-order valence-electron chi connectivity index (χ3n) is 2.90. The minimum absolute atomic E-state index is 0.696. The van der Waals surface area contributed by atoms with E-state index in [9.17, 15) is 0 Å². The minimum atomic E-state index is 0.696. The molecule has 0 saturated heterocycles. The molecular weight excluding hydrogens is 182 g/mol. The molecule has 0 rings (SSSR count). The van der Waals surface area contributed by atoms with Crippen molar-refractivity contribution >= 4 is 0 Å². The van der Waals surface area contributed by atoms with E-state index in [4.69, 9.17) is 0 Å². The molecule has 0 unspecified atom stereocenters. The van der Waals surface area contributed by atoms with Crippen molar-refractivity contribution < 1.29 is 0 Å². The summed E-state index contributed by atoms with van der Waals surface area (Å²) in [6.07, 6.45) is 9.00. The van der Waals surface area contributed by atoms with Crippen molar-refractivity contribution in [3.63, 3.8) is 0 Å². The van der Waals surface area contributed by atoms with Crippen molar-refractivity contribution in [1.82, 2.24) is 5.32 Å². The first-order valence-electron chi connectivity index (χ1n) is 6.68. The van der Waals surface area contributed by atoms with Crippen LogP contribution in [0.3, 0.4) is 0 Å². The molecule has 0 bridgehead atoms. The molecule has 0 saturated carbocycles. The van der Waals surface area contributed by atoms with Crippen molar-refractivity contribution in [2.75, 3.05) is 6.54 Å². The van der Waals surface area contributed by atoms with Crippen molar-refractivity contribution in [2.24, 2.45) is 5.92 Å². The average molecular weight is 211 g/mol. The van der Waals surface area contributed by atoms with Gasteiger partial charge < -0.3 is 5.32 Å². The Morgan fingerprint density at radius 1 is 1.00 bits per heavy atom. The predicted molar refractivity (Wildman–Crippen MR) is 70.0 cm³/mol. The van der Waals surface area contributed by atoms with E-state index in [-0.39, 0.29) is 0 Å². The Kier molecular flexibility index (Phi) is 9.76. The van der Waals surface area contributed by atoms with Crippen molar-refractivity contribution in [3.8, 4) is 0 Å². The predicted octanol–water partition coefficient (Wildman–Crippen LogP) is 4.50. The van der Waals surface area contributed by atoms with Crippen LogP contribution < -0.4 is 5.32 Å². The van der Waals surface area contributed by atoms with Crippen LogP contribution in [0.2, 0.25) is 0 Å². The summed E-state index contributed by atoms with van der Waals surface area (Å²) in [6.45, 7) is 12.0. The van der Waals surface area contributed by atoms with E-state index in [1.807, 2.05) is 0 Å². The molecule has 0 amide bonds. The van der Waals surface area contributed by atoms with Crippen molar-refractivity contribution in [2.45, 2.75) is 65.7 Å². The third-order valence-corrected chi connectivity index (χ3v) is 2.90. The summed E-state index contributed by atoms with van der Waals surface area (Å²) in [7, 11) is 0. The third kappa shape index (κ3) is 7.47. The summed E-state index contributed by atoms with van der Waals surface area (Å²) < 4.78 is 0. The van der Waals surface area contributed by atoms with E-state index < -0.39 is 0 Å². The highest BCUT2D eigenvalue weighted by atomic mass is 14.9. The van der Waals surface area contributed by atoms with Gasteiger partial charge in [0.25, 0.3) is 0 Å². The highest BCUT2D eigenvalue weighted by molar-refractivity contribution is 4.97. The Morgan fingerprint density at radius 3 is 2.07 bits per heavy atom. The molecule has 0 aliphatic carbocycles. The molecule has 15 heavy (non-hydrogen) atoms. The lowest BCUT2D eigenvalue weighted by molar-refractivity contribution is 0.470. The first kappa shape index (κ1) is 14.5. The van der Waals surface area contributed by atoms with Crippen LogP contribution in [0, 0.1) is 5.92 Å². The molecular formula is C14H29N. The van der Waals surface area contributed by atoms with Gasteiger partial charge in [-0.1, -0.05) is 53.0 Å². The Labute approximate surface area is 96.3 Å². The van der Waals surface area contributed by atoms with Gasteiger partial charge in [0.2, 0.25) is 0 Å². The highest BCUT2D eigenvalue weighted by Gasteiger charge is 2.09. The Balaban J connectivity index is 3.70. The fraction of sp³-hybridized carbons (Fsp3) is 0.857. The van der Waals surface area contributed by atoms with E-state index in [1.165, 1.54) is 50.6 Å². The van der Waals surface area contributed by atoms with Crippen LogP contribution >= 0.6 is 0 Å². The molecule has 1 N–H and O–H groups in total. The lowest BCUT2D eigenvalue weighted by atomic mass is 9.95. The van der Waals surface area contributed by atoms with E-state index in [0.717, 1.165) is 6.54 Å². The van der Waals surface area contributed by atoms with Gasteiger partial charge in [-0.25, -0.2) is 0 Å². The number of nitrogens with one attached hydrogen (secondary N) is 1. The summed E-state index contributed by atoms with van der Waals surface area (Å²) in [4.78, 5) is 0. The lowest BCUT2D eigenvalue weighted by Crippen LogP contribution is -2.20. The summed E-state index contributed by atoms with van der Waals surface area (Å²) >= 11 is 0. The Bertz CT molecular complexity index is 145. The van der Waals surface area contributed by atoms with Crippen LogP contribution in [0.5, 0.6) is 0 Å². The number of hydrogen-bond acceptors (Lipinski definition) is 1. The number of hydrogen-bond donors (Lipinski definition) is 1. The molecule has 0 radical (unpaired) electrons. The molecule has 0 aliphatic rings. The van der Waals surface area contributed by atoms with E-state index in [1.54, 1.807) is 0 Å². The number of rotatable bonds is 10. The quantitative estimate of drug-likeness (QED) is 0.525. The van der Waals surface area contributed by atoms with Gasteiger partial charge in [-0.05, 0) is 25.2 Å². The van der Waals surface area contributed by atoms with Gasteiger partial charge in [0.1, 0.15) is 0 Å². The van der Waals surface area contributed by atoms with Gasteiger partial charge in [-0.2, -0.15) is 0 Å². The smallest absolute Gasteiger partial charge is 0.0143 e. The topological polar surface area (TPSA) is 12.0 Å². The highest BCUT2D eigenvalue weighted by Crippen LogP contribution is 2.19. The molecule has 1 heteroatoms. The molecule has 0 atom stereocenters. The maximum absolute atomic E-state index is 4.18. The van der Waals surface area contributed by atoms with Crippen LogP contribution in [-0.2, 0) is 0 Å². The maximum atomic E-state index is 4.18. The first-order chi connectivity index (χ1) is 7.26. The van der Waals surface area contributed by atoms with Crippen LogP contribution in [-0.4, -0.2) is 6.54 Å². The molecule has 0 aliphatic heterocycles. The van der Waals surface area contributed by atoms with Crippen LogP contribution in [0.1, 0.15) is 65.7 Å². The standard InChI is InChI=1S/C14H29N/c1-5-8-9-12-15-13(4)14(10-6-2)11-7-3/h14-15H,4-12H2,1-3H3. The molecule has 0 aromatic rings. The summed E-state index contributed by atoms with van der Waals surface area (Å²) in [5.74, 6) is 0.696. The van der Waals surface area contributed by atoms with E-state index >= 15 is 0 Å². The first-order valence-corrected chi connectivity index (χ1v) is 6.68. The zero-order valence-electron chi connectivity index (χ0n) is 10.9. The van der Waals surface area contributed by atoms with Gasteiger partial charge in [0.05, 0.1) is 0 Å². The monoisotopic (exact) mass is 211 g/mol. The molecule has 0 heterocycles. The van der Waals surface area contributed by atoms with Crippen molar-refractivity contribution in [1.29, 1.82) is 0 Å². The SMILES string of the molecule is C=C(NCCCCC)C(CCC)CCC. The summed E-state index contributed by atoms with van der Waals surface area (Å²) in [5, 5.41) is 3.49. The fourth-order valence-electron chi connectivity index (χ4n) is 1.96. The largest absolute Gasteiger partial charge is 0.389 e. The average Bonchev–Trinajstić information content (AvgIpc) is 2.24. The van der Waals surface area contributed by atoms with Gasteiger partial charge in [-0.3, -0.25) is 0 Å². The minimum Gasteiger partial charge on any atom is -0.389 e. The van der Waals surface area contributed by atoms with Crippen LogP contribution in [0.15, 0.2) is 12.3 Å². The van der Waals surface area contributed by atoms with Gasteiger partial charge >= 0.3 is 0 Å². The molecule has 0 aromatic carbocycles. The second-order valence-corrected chi connectivity index (χ2v) is 4.43. The van der Waals surface area contributed by atoms with Gasteiger partial charge in [-0.15, -0.1) is 0 Å². The molecule has 90 valence electrons. The van der Waals surface area contributed by atoms with Crippen molar-refractivity contribution in [3.05, 3.63) is 12.3 Å². The zero-order chi connectivity index (χ0) is 11.5. The zero-order valence-corrected chi connectivity index (χ0v) is 10.9. The molecule has 0 spiro atoms. The molecule has 0 aromatic heterocycles. The second-order valence-electron chi connectivity index (χ2n) is 4.43. The van der Waals surface area contributed by atoms with Gasteiger partial charge in [0.15, 0.2) is 0 Å². The summed E-state index contributed by atoms with van der Waals surface area (Å²) in [5.41, 5.74) is 1.27.